The van der Waals surface area contributed by atoms with E-state index in [2.05, 4.69) is 6.07 Å². The molecule has 24 heavy (non-hydrogen) atoms. The third kappa shape index (κ3) is 6.15. The van der Waals surface area contributed by atoms with Gasteiger partial charge < -0.3 is 15.4 Å². The van der Waals surface area contributed by atoms with Crippen LogP contribution in [0.2, 0.25) is 0 Å². The maximum absolute atomic E-state index is 12.6. The van der Waals surface area contributed by atoms with Gasteiger partial charge in [-0.15, -0.1) is 23.7 Å². The summed E-state index contributed by atoms with van der Waals surface area (Å²) in [6, 6.07) is 11.9. The van der Waals surface area contributed by atoms with Gasteiger partial charge in [0.1, 0.15) is 5.75 Å². The van der Waals surface area contributed by atoms with Gasteiger partial charge in [0, 0.05) is 29.4 Å². The van der Waals surface area contributed by atoms with Gasteiger partial charge in [-0.1, -0.05) is 24.3 Å². The summed E-state index contributed by atoms with van der Waals surface area (Å²) in [5, 5.41) is 2.03. The van der Waals surface area contributed by atoms with E-state index in [1.165, 1.54) is 4.88 Å². The fourth-order valence-electron chi connectivity index (χ4n) is 2.37. The molecule has 132 valence electrons. The summed E-state index contributed by atoms with van der Waals surface area (Å²) in [6.07, 6.45) is 1.17. The number of thiophene rings is 1. The molecule has 0 radical (unpaired) electrons. The molecule has 2 N–H and O–H groups in total. The zero-order valence-corrected chi connectivity index (χ0v) is 15.7. The molecule has 1 aromatic heterocycles. The third-order valence-electron chi connectivity index (χ3n) is 3.65. The first kappa shape index (κ1) is 20.5. The van der Waals surface area contributed by atoms with E-state index in [0.29, 0.717) is 25.9 Å². The van der Waals surface area contributed by atoms with Gasteiger partial charge >= 0.3 is 0 Å². The summed E-state index contributed by atoms with van der Waals surface area (Å²) in [7, 11) is 1.65. The van der Waals surface area contributed by atoms with Crippen molar-refractivity contribution in [3.63, 3.8) is 0 Å². The van der Waals surface area contributed by atoms with Crippen LogP contribution in [-0.2, 0) is 17.9 Å². The highest BCUT2D eigenvalue weighted by Gasteiger charge is 2.17. The van der Waals surface area contributed by atoms with Gasteiger partial charge in [-0.25, -0.2) is 0 Å². The lowest BCUT2D eigenvalue weighted by Gasteiger charge is -2.23. The van der Waals surface area contributed by atoms with Crippen LogP contribution in [0.5, 0.6) is 5.75 Å². The number of methoxy groups -OCH3 is 1. The van der Waals surface area contributed by atoms with Gasteiger partial charge in [-0.2, -0.15) is 0 Å². The monoisotopic (exact) mass is 368 g/mol. The molecule has 1 atom stereocenters. The van der Waals surface area contributed by atoms with E-state index in [1.807, 2.05) is 47.5 Å². The normalized spacial score (nSPS) is 11.5. The quantitative estimate of drug-likeness (QED) is 0.770. The topological polar surface area (TPSA) is 55.6 Å². The number of ether oxygens (including phenoxy) is 1. The first-order chi connectivity index (χ1) is 11.1. The molecule has 0 bridgehead atoms. The first-order valence-electron chi connectivity index (χ1n) is 7.77. The number of amides is 1. The van der Waals surface area contributed by atoms with Crippen molar-refractivity contribution in [3.05, 3.63) is 52.2 Å². The van der Waals surface area contributed by atoms with Crippen molar-refractivity contribution in [1.29, 1.82) is 0 Å². The molecule has 2 aromatic rings. The average Bonchev–Trinajstić information content (AvgIpc) is 3.05. The third-order valence-corrected chi connectivity index (χ3v) is 4.51. The molecular weight excluding hydrogens is 344 g/mol. The number of nitrogens with two attached hydrogens (primary N) is 1. The summed E-state index contributed by atoms with van der Waals surface area (Å²) < 4.78 is 5.40. The molecule has 2 rings (SSSR count). The van der Waals surface area contributed by atoms with Crippen molar-refractivity contribution >= 4 is 29.7 Å². The largest absolute Gasteiger partial charge is 0.496 e. The van der Waals surface area contributed by atoms with E-state index < -0.39 is 0 Å². The van der Waals surface area contributed by atoms with Gasteiger partial charge in [0.25, 0.3) is 0 Å². The van der Waals surface area contributed by atoms with Crippen LogP contribution >= 0.6 is 23.7 Å². The molecule has 0 fully saturated rings. The molecule has 1 amide bonds. The van der Waals surface area contributed by atoms with E-state index in [4.69, 9.17) is 10.5 Å². The summed E-state index contributed by atoms with van der Waals surface area (Å²) in [5.74, 6) is 0.935. The lowest BCUT2D eigenvalue weighted by atomic mass is 10.1. The Labute approximate surface area is 154 Å². The Bertz CT molecular complexity index is 617. The van der Waals surface area contributed by atoms with Crippen LogP contribution in [0.4, 0.5) is 0 Å². The van der Waals surface area contributed by atoms with Gasteiger partial charge in [-0.3, -0.25) is 4.79 Å². The van der Waals surface area contributed by atoms with E-state index >= 15 is 0 Å². The minimum Gasteiger partial charge on any atom is -0.496 e. The molecule has 4 nitrogen and oxygen atoms in total. The second-order valence-electron chi connectivity index (χ2n) is 5.66. The molecule has 1 aromatic carbocycles. The number of nitrogens with zero attached hydrogens (tertiary/aromatic N) is 1. The van der Waals surface area contributed by atoms with Gasteiger partial charge in [-0.05, 0) is 30.9 Å². The van der Waals surface area contributed by atoms with Crippen molar-refractivity contribution < 1.29 is 9.53 Å². The van der Waals surface area contributed by atoms with Crippen LogP contribution in [0.25, 0.3) is 0 Å². The van der Waals surface area contributed by atoms with Crippen molar-refractivity contribution in [2.45, 2.75) is 38.9 Å². The Morgan fingerprint density at radius 3 is 2.62 bits per heavy atom. The number of hydrogen-bond donors (Lipinski definition) is 1. The second kappa shape index (κ2) is 10.3. The highest BCUT2D eigenvalue weighted by molar-refractivity contribution is 7.09. The fraction of sp³-hybridized carbons (Fsp3) is 0.389. The molecule has 1 unspecified atom stereocenters. The fourth-order valence-corrected chi connectivity index (χ4v) is 3.09. The molecular formula is C18H25ClN2O2S. The highest BCUT2D eigenvalue weighted by Crippen LogP contribution is 2.22. The Kier molecular flexibility index (Phi) is 8.82. The molecule has 0 aliphatic carbocycles. The Hall–Kier alpha value is -1.56. The zero-order valence-electron chi connectivity index (χ0n) is 14.1. The van der Waals surface area contributed by atoms with Crippen molar-refractivity contribution in [2.75, 3.05) is 7.11 Å². The van der Waals surface area contributed by atoms with Gasteiger partial charge in [0.05, 0.1) is 13.7 Å². The minimum atomic E-state index is 0. The smallest absolute Gasteiger partial charge is 0.223 e. The maximum atomic E-state index is 12.6. The molecule has 0 spiro atoms. The molecule has 0 aliphatic heterocycles. The molecule has 0 saturated carbocycles. The van der Waals surface area contributed by atoms with E-state index in [1.54, 1.807) is 18.4 Å². The van der Waals surface area contributed by atoms with Gasteiger partial charge in [0.15, 0.2) is 0 Å². The summed E-state index contributed by atoms with van der Waals surface area (Å²) in [6.45, 7) is 3.09. The maximum Gasteiger partial charge on any atom is 0.223 e. The number of rotatable bonds is 8. The molecule has 1 heterocycles. The van der Waals surface area contributed by atoms with E-state index in [9.17, 15) is 4.79 Å². The van der Waals surface area contributed by atoms with E-state index in [0.717, 1.165) is 11.3 Å². The van der Waals surface area contributed by atoms with Gasteiger partial charge in [0.2, 0.25) is 5.91 Å². The number of carbonyl (C=O) groups is 1. The van der Waals surface area contributed by atoms with E-state index in [-0.39, 0.29) is 24.4 Å². The number of carbonyl (C=O) groups excluding carboxylic acids is 1. The molecule has 0 saturated heterocycles. The predicted molar refractivity (Wildman–Crippen MR) is 102 cm³/mol. The Morgan fingerprint density at radius 2 is 2.00 bits per heavy atom. The number of para-hydroxylation sites is 1. The van der Waals surface area contributed by atoms with Crippen LogP contribution < -0.4 is 10.5 Å². The highest BCUT2D eigenvalue weighted by atomic mass is 35.5. The SMILES string of the molecule is COc1ccccc1CN(Cc1cccs1)C(=O)CCC(C)N.Cl. The number of hydrogen-bond acceptors (Lipinski definition) is 4. The predicted octanol–water partition coefficient (Wildman–Crippen LogP) is 3.83. The lowest BCUT2D eigenvalue weighted by Crippen LogP contribution is -2.31. The first-order valence-corrected chi connectivity index (χ1v) is 8.65. The number of benzene rings is 1. The van der Waals surface area contributed by atoms with Crippen LogP contribution in [0.1, 0.15) is 30.2 Å². The van der Waals surface area contributed by atoms with Crippen LogP contribution in [0, 0.1) is 0 Å². The van der Waals surface area contributed by atoms with Crippen molar-refractivity contribution in [2.24, 2.45) is 5.73 Å². The van der Waals surface area contributed by atoms with Crippen LogP contribution in [-0.4, -0.2) is 24.0 Å². The van der Waals surface area contributed by atoms with Crippen molar-refractivity contribution in [1.82, 2.24) is 4.90 Å². The Morgan fingerprint density at radius 1 is 1.25 bits per heavy atom. The second-order valence-corrected chi connectivity index (χ2v) is 6.69. The summed E-state index contributed by atoms with van der Waals surface area (Å²) >= 11 is 1.66. The summed E-state index contributed by atoms with van der Waals surface area (Å²) in [5.41, 5.74) is 6.80. The molecule has 0 aliphatic rings. The zero-order chi connectivity index (χ0) is 16.7. The lowest BCUT2D eigenvalue weighted by molar-refractivity contribution is -0.132. The standard InChI is InChI=1S/C18H24N2O2S.ClH/c1-14(19)9-10-18(21)20(13-16-7-5-11-23-16)12-15-6-3-4-8-17(15)22-2;/h3-8,11,14H,9-10,12-13,19H2,1-2H3;1H. The van der Waals surface area contributed by atoms with Crippen molar-refractivity contribution in [3.8, 4) is 5.75 Å². The minimum absolute atomic E-state index is 0. The number of halogens is 1. The summed E-state index contributed by atoms with van der Waals surface area (Å²) in [4.78, 5) is 15.7. The van der Waals surface area contributed by atoms with Crippen LogP contribution in [0.3, 0.4) is 0 Å². The van der Waals surface area contributed by atoms with Crippen LogP contribution in [0.15, 0.2) is 41.8 Å². The Balaban J connectivity index is 0.00000288. The molecule has 6 heteroatoms. The average molecular weight is 369 g/mol.